The number of esters is 2. The first kappa shape index (κ1) is 19.4. The van der Waals surface area contributed by atoms with Gasteiger partial charge in [-0.25, -0.2) is 9.59 Å². The Bertz CT molecular complexity index is 552. The van der Waals surface area contributed by atoms with Crippen LogP contribution in [0.4, 0.5) is 0 Å². The van der Waals surface area contributed by atoms with E-state index in [4.69, 9.17) is 4.74 Å². The van der Waals surface area contributed by atoms with Crippen molar-refractivity contribution in [3.05, 3.63) is 47.5 Å². The number of benzene rings is 1. The summed E-state index contributed by atoms with van der Waals surface area (Å²) in [4.78, 5) is 33.6. The molecule has 0 aliphatic rings. The van der Waals surface area contributed by atoms with Gasteiger partial charge in [-0.15, -0.1) is 0 Å². The second-order valence-corrected chi connectivity index (χ2v) is 3.74. The third-order valence-corrected chi connectivity index (χ3v) is 2.54. The van der Waals surface area contributed by atoms with Gasteiger partial charge in [-0.3, -0.25) is 0 Å². The minimum atomic E-state index is -1.49. The van der Waals surface area contributed by atoms with Crippen LogP contribution in [-0.4, -0.2) is 31.6 Å². The van der Waals surface area contributed by atoms with E-state index in [2.05, 4.69) is 11.3 Å². The Labute approximate surface area is 144 Å². The predicted molar refractivity (Wildman–Crippen MR) is 67.0 cm³/mol. The normalized spacial score (nSPS) is 9.19. The molecule has 0 aliphatic carbocycles. The van der Waals surface area contributed by atoms with Gasteiger partial charge < -0.3 is 19.4 Å². The van der Waals surface area contributed by atoms with Gasteiger partial charge in [0, 0.05) is 18.1 Å². The van der Waals surface area contributed by atoms with Crippen molar-refractivity contribution in [2.75, 3.05) is 13.7 Å². The maximum absolute atomic E-state index is 11.5. The summed E-state index contributed by atoms with van der Waals surface area (Å²) in [6.45, 7) is 3.21. The minimum absolute atomic E-state index is 0. The fourth-order valence-corrected chi connectivity index (χ4v) is 1.65. The SMILES string of the molecule is C=CC(=O)OCCc1cccc(C(=O)OC)c1C(=O)[O-].[Na+]. The zero-order valence-electron chi connectivity index (χ0n) is 11.9. The van der Waals surface area contributed by atoms with Crippen LogP contribution in [0.5, 0.6) is 0 Å². The summed E-state index contributed by atoms with van der Waals surface area (Å²) in [6, 6.07) is 4.36. The fraction of sp³-hybridized carbons (Fsp3) is 0.214. The van der Waals surface area contributed by atoms with Crippen molar-refractivity contribution >= 4 is 17.9 Å². The van der Waals surface area contributed by atoms with Crippen molar-refractivity contribution in [3.63, 3.8) is 0 Å². The van der Waals surface area contributed by atoms with Crippen LogP contribution in [-0.2, 0) is 20.7 Å². The van der Waals surface area contributed by atoms with Crippen LogP contribution in [0.2, 0.25) is 0 Å². The zero-order chi connectivity index (χ0) is 15.1. The van der Waals surface area contributed by atoms with E-state index in [-0.39, 0.29) is 53.7 Å². The summed E-state index contributed by atoms with van der Waals surface area (Å²) in [7, 11) is 1.15. The van der Waals surface area contributed by atoms with Gasteiger partial charge in [0.05, 0.1) is 25.2 Å². The molecular weight excluding hydrogens is 287 g/mol. The molecule has 0 heterocycles. The van der Waals surface area contributed by atoms with Crippen LogP contribution < -0.4 is 34.7 Å². The minimum Gasteiger partial charge on any atom is -0.545 e. The Balaban J connectivity index is 0.00000400. The predicted octanol–water partition coefficient (Wildman–Crippen LogP) is -2.89. The topological polar surface area (TPSA) is 92.7 Å². The van der Waals surface area contributed by atoms with Crippen molar-refractivity contribution < 1.29 is 58.5 Å². The quantitative estimate of drug-likeness (QED) is 0.318. The molecule has 0 N–H and O–H groups in total. The van der Waals surface area contributed by atoms with Crippen molar-refractivity contribution in [1.29, 1.82) is 0 Å². The van der Waals surface area contributed by atoms with Gasteiger partial charge in [0.25, 0.3) is 0 Å². The summed E-state index contributed by atoms with van der Waals surface area (Å²) < 4.78 is 9.28. The Hall–Kier alpha value is -1.63. The van der Waals surface area contributed by atoms with E-state index in [1.54, 1.807) is 0 Å². The number of carboxylic acid groups (broad SMARTS) is 1. The van der Waals surface area contributed by atoms with Gasteiger partial charge in [0.15, 0.2) is 0 Å². The third kappa shape index (κ3) is 5.34. The van der Waals surface area contributed by atoms with Crippen LogP contribution in [0, 0.1) is 0 Å². The van der Waals surface area contributed by atoms with Crippen molar-refractivity contribution in [1.82, 2.24) is 0 Å². The van der Waals surface area contributed by atoms with E-state index < -0.39 is 17.9 Å². The molecule has 0 aromatic heterocycles. The zero-order valence-corrected chi connectivity index (χ0v) is 13.9. The van der Waals surface area contributed by atoms with E-state index in [1.165, 1.54) is 18.2 Å². The summed E-state index contributed by atoms with van der Waals surface area (Å²) in [5, 5.41) is 11.2. The average molecular weight is 300 g/mol. The maximum Gasteiger partial charge on any atom is 1.00 e. The van der Waals surface area contributed by atoms with Crippen LogP contribution in [0.1, 0.15) is 26.3 Å². The first-order valence-corrected chi connectivity index (χ1v) is 5.72. The van der Waals surface area contributed by atoms with Gasteiger partial charge in [-0.2, -0.15) is 0 Å². The van der Waals surface area contributed by atoms with Crippen molar-refractivity contribution in [2.45, 2.75) is 6.42 Å². The molecule has 0 saturated heterocycles. The average Bonchev–Trinajstić information content (AvgIpc) is 2.45. The Morgan fingerprint density at radius 3 is 2.52 bits per heavy atom. The Morgan fingerprint density at radius 2 is 2.00 bits per heavy atom. The monoisotopic (exact) mass is 300 g/mol. The number of methoxy groups -OCH3 is 1. The number of rotatable bonds is 6. The largest absolute Gasteiger partial charge is 1.00 e. The third-order valence-electron chi connectivity index (χ3n) is 2.54. The number of hydrogen-bond donors (Lipinski definition) is 0. The second-order valence-electron chi connectivity index (χ2n) is 3.74. The molecule has 106 valence electrons. The summed E-state index contributed by atoms with van der Waals surface area (Å²) in [6.07, 6.45) is 1.14. The molecule has 0 fully saturated rings. The number of hydrogen-bond acceptors (Lipinski definition) is 6. The number of carboxylic acids is 1. The number of ether oxygens (including phenoxy) is 2. The number of aromatic carboxylic acids is 1. The molecule has 1 rings (SSSR count). The van der Waals surface area contributed by atoms with Gasteiger partial charge in [0.2, 0.25) is 0 Å². The maximum atomic E-state index is 11.5. The fourth-order valence-electron chi connectivity index (χ4n) is 1.65. The Morgan fingerprint density at radius 1 is 1.33 bits per heavy atom. The summed E-state index contributed by atoms with van der Waals surface area (Å²) in [5.41, 5.74) is -0.0289. The van der Waals surface area contributed by atoms with Crippen molar-refractivity contribution in [3.8, 4) is 0 Å². The van der Waals surface area contributed by atoms with Crippen LogP contribution in [0.15, 0.2) is 30.9 Å². The van der Waals surface area contributed by atoms with E-state index in [9.17, 15) is 19.5 Å². The molecule has 6 nitrogen and oxygen atoms in total. The molecule has 0 aliphatic heterocycles. The molecule has 0 saturated carbocycles. The van der Waals surface area contributed by atoms with Crippen LogP contribution in [0.25, 0.3) is 0 Å². The van der Waals surface area contributed by atoms with Gasteiger partial charge in [-0.1, -0.05) is 18.7 Å². The smallest absolute Gasteiger partial charge is 0.545 e. The molecule has 1 aromatic carbocycles. The number of carbonyl (C=O) groups is 3. The van der Waals surface area contributed by atoms with E-state index in [1.807, 2.05) is 0 Å². The second kappa shape index (κ2) is 9.33. The molecule has 0 radical (unpaired) electrons. The first-order valence-electron chi connectivity index (χ1n) is 5.72. The van der Waals surface area contributed by atoms with Crippen LogP contribution >= 0.6 is 0 Å². The van der Waals surface area contributed by atoms with E-state index in [0.29, 0.717) is 5.56 Å². The molecule has 1 aromatic rings. The summed E-state index contributed by atoms with van der Waals surface area (Å²) >= 11 is 0. The molecule has 0 spiro atoms. The van der Waals surface area contributed by atoms with Crippen LogP contribution in [0.3, 0.4) is 0 Å². The van der Waals surface area contributed by atoms with E-state index >= 15 is 0 Å². The molecule has 0 atom stereocenters. The first-order chi connectivity index (χ1) is 9.51. The molecule has 0 amide bonds. The summed E-state index contributed by atoms with van der Waals surface area (Å²) in [5.74, 6) is -2.87. The molecule has 0 unspecified atom stereocenters. The van der Waals surface area contributed by atoms with Gasteiger partial charge in [-0.05, 0) is 11.6 Å². The Kier molecular flexibility index (Phi) is 8.61. The molecular formula is C14H13NaO6. The molecule has 21 heavy (non-hydrogen) atoms. The molecule has 7 heteroatoms. The standard InChI is InChI=1S/C14H14O6.Na/c1-3-11(15)20-8-7-9-5-4-6-10(14(18)19-2)12(9)13(16)17;/h3-6H,1,7-8H2,2H3,(H,16,17);/q;+1/p-1. The number of carbonyl (C=O) groups excluding carboxylic acids is 3. The van der Waals surface area contributed by atoms with E-state index in [0.717, 1.165) is 13.2 Å². The molecule has 0 bridgehead atoms. The van der Waals surface area contributed by atoms with Crippen molar-refractivity contribution in [2.24, 2.45) is 0 Å². The van der Waals surface area contributed by atoms with Gasteiger partial charge in [0.1, 0.15) is 0 Å². The van der Waals surface area contributed by atoms with Gasteiger partial charge >= 0.3 is 41.5 Å².